The van der Waals surface area contributed by atoms with E-state index in [1.54, 1.807) is 10.8 Å². The number of aromatic nitrogens is 3. The molecule has 2 rings (SSSR count). The SMILES string of the molecule is C=CCn1nnc(C=O)c1-c1ccc(C(C)(C)C)cc1. The first-order chi connectivity index (χ1) is 9.47. The van der Waals surface area contributed by atoms with Crippen molar-refractivity contribution in [1.82, 2.24) is 15.0 Å². The van der Waals surface area contributed by atoms with E-state index < -0.39 is 0 Å². The first-order valence-corrected chi connectivity index (χ1v) is 6.58. The molecule has 0 amide bonds. The number of carbonyl (C=O) groups excluding carboxylic acids is 1. The van der Waals surface area contributed by atoms with Crippen LogP contribution in [0.4, 0.5) is 0 Å². The second-order valence-corrected chi connectivity index (χ2v) is 5.74. The molecule has 0 fully saturated rings. The lowest BCUT2D eigenvalue weighted by molar-refractivity contribution is 0.111. The Kier molecular flexibility index (Phi) is 3.84. The highest BCUT2D eigenvalue weighted by Gasteiger charge is 2.16. The van der Waals surface area contributed by atoms with Gasteiger partial charge in [-0.1, -0.05) is 56.3 Å². The second-order valence-electron chi connectivity index (χ2n) is 5.74. The standard InChI is InChI=1S/C16H19N3O/c1-5-10-19-15(14(11-20)17-18-19)12-6-8-13(9-7-12)16(2,3)4/h5-9,11H,1,10H2,2-4H3. The van der Waals surface area contributed by atoms with Gasteiger partial charge in [0.25, 0.3) is 0 Å². The first kappa shape index (κ1) is 14.2. The molecule has 1 aromatic heterocycles. The zero-order valence-electron chi connectivity index (χ0n) is 12.1. The smallest absolute Gasteiger partial charge is 0.172 e. The summed E-state index contributed by atoms with van der Waals surface area (Å²) in [6, 6.07) is 8.17. The van der Waals surface area contributed by atoms with Crippen LogP contribution in [0.1, 0.15) is 36.8 Å². The van der Waals surface area contributed by atoms with Crippen LogP contribution in [-0.2, 0) is 12.0 Å². The van der Waals surface area contributed by atoms with Crippen molar-refractivity contribution in [2.24, 2.45) is 0 Å². The summed E-state index contributed by atoms with van der Waals surface area (Å²) in [5.41, 5.74) is 3.38. The quantitative estimate of drug-likeness (QED) is 0.632. The molecule has 20 heavy (non-hydrogen) atoms. The molecule has 0 atom stereocenters. The van der Waals surface area contributed by atoms with Gasteiger partial charge in [-0.25, -0.2) is 4.68 Å². The number of benzene rings is 1. The highest BCUT2D eigenvalue weighted by atomic mass is 16.1. The van der Waals surface area contributed by atoms with E-state index in [-0.39, 0.29) is 5.41 Å². The lowest BCUT2D eigenvalue weighted by Gasteiger charge is -2.19. The molecule has 0 spiro atoms. The Morgan fingerprint density at radius 1 is 1.25 bits per heavy atom. The lowest BCUT2D eigenvalue weighted by Crippen LogP contribution is -2.10. The zero-order valence-corrected chi connectivity index (χ0v) is 12.1. The van der Waals surface area contributed by atoms with Crippen molar-refractivity contribution < 1.29 is 4.79 Å². The van der Waals surface area contributed by atoms with Crippen LogP contribution in [0, 0.1) is 0 Å². The number of hydrogen-bond acceptors (Lipinski definition) is 3. The average molecular weight is 269 g/mol. The van der Waals surface area contributed by atoms with Crippen LogP contribution in [0.5, 0.6) is 0 Å². The highest BCUT2D eigenvalue weighted by Crippen LogP contribution is 2.27. The van der Waals surface area contributed by atoms with Crippen LogP contribution >= 0.6 is 0 Å². The Morgan fingerprint density at radius 2 is 1.90 bits per heavy atom. The summed E-state index contributed by atoms with van der Waals surface area (Å²) in [5.74, 6) is 0. The summed E-state index contributed by atoms with van der Waals surface area (Å²) in [4.78, 5) is 11.1. The predicted octanol–water partition coefficient (Wildman–Crippen LogP) is 3.24. The summed E-state index contributed by atoms with van der Waals surface area (Å²) < 4.78 is 1.68. The van der Waals surface area contributed by atoms with Crippen LogP contribution < -0.4 is 0 Å². The van der Waals surface area contributed by atoms with Crippen molar-refractivity contribution in [2.45, 2.75) is 32.7 Å². The molecule has 1 aromatic carbocycles. The third kappa shape index (κ3) is 2.69. The fourth-order valence-electron chi connectivity index (χ4n) is 2.08. The van der Waals surface area contributed by atoms with Crippen molar-refractivity contribution >= 4 is 6.29 Å². The van der Waals surface area contributed by atoms with Gasteiger partial charge in [0.05, 0.1) is 12.2 Å². The van der Waals surface area contributed by atoms with E-state index in [0.717, 1.165) is 17.5 Å². The second kappa shape index (κ2) is 5.41. The van der Waals surface area contributed by atoms with Crippen LogP contribution in [0.2, 0.25) is 0 Å². The maximum Gasteiger partial charge on any atom is 0.172 e. The fraction of sp³-hybridized carbons (Fsp3) is 0.312. The molecule has 0 saturated carbocycles. The molecule has 0 aliphatic rings. The molecule has 1 heterocycles. The summed E-state index contributed by atoms with van der Waals surface area (Å²) >= 11 is 0. The summed E-state index contributed by atoms with van der Waals surface area (Å²) in [6.07, 6.45) is 2.47. The van der Waals surface area contributed by atoms with E-state index in [1.807, 2.05) is 12.1 Å². The molecule has 0 unspecified atom stereocenters. The van der Waals surface area contributed by atoms with Crippen LogP contribution in [0.3, 0.4) is 0 Å². The number of rotatable bonds is 4. The van der Waals surface area contributed by atoms with Crippen molar-refractivity contribution in [2.75, 3.05) is 0 Å². The molecular formula is C16H19N3O. The lowest BCUT2D eigenvalue weighted by atomic mass is 9.86. The van der Waals surface area contributed by atoms with Gasteiger partial charge in [-0.05, 0) is 11.0 Å². The zero-order chi connectivity index (χ0) is 14.8. The molecule has 0 radical (unpaired) electrons. The van der Waals surface area contributed by atoms with Gasteiger partial charge in [0.2, 0.25) is 0 Å². The number of nitrogens with zero attached hydrogens (tertiary/aromatic N) is 3. The van der Waals surface area contributed by atoms with Crippen LogP contribution in [0.25, 0.3) is 11.3 Å². The molecule has 0 aliphatic carbocycles. The maximum atomic E-state index is 11.1. The molecule has 4 heteroatoms. The summed E-state index contributed by atoms with van der Waals surface area (Å²) in [5, 5.41) is 7.89. The Morgan fingerprint density at radius 3 is 2.40 bits per heavy atom. The average Bonchev–Trinajstić information content (AvgIpc) is 2.81. The van der Waals surface area contributed by atoms with Crippen molar-refractivity contribution in [3.05, 3.63) is 48.2 Å². The maximum absolute atomic E-state index is 11.1. The molecule has 4 nitrogen and oxygen atoms in total. The largest absolute Gasteiger partial charge is 0.296 e. The molecule has 2 aromatic rings. The summed E-state index contributed by atoms with van der Waals surface area (Å²) in [6.45, 7) is 10.7. The normalized spacial score (nSPS) is 11.3. The highest BCUT2D eigenvalue weighted by molar-refractivity contribution is 5.83. The van der Waals surface area contributed by atoms with Gasteiger partial charge in [0.1, 0.15) is 0 Å². The molecular weight excluding hydrogens is 250 g/mol. The third-order valence-corrected chi connectivity index (χ3v) is 3.20. The first-order valence-electron chi connectivity index (χ1n) is 6.58. The van der Waals surface area contributed by atoms with Gasteiger partial charge in [0.15, 0.2) is 12.0 Å². The van der Waals surface area contributed by atoms with Gasteiger partial charge in [-0.2, -0.15) is 0 Å². The van der Waals surface area contributed by atoms with Gasteiger partial charge in [0, 0.05) is 5.56 Å². The van der Waals surface area contributed by atoms with Crippen molar-refractivity contribution in [3.8, 4) is 11.3 Å². The number of aldehydes is 1. The summed E-state index contributed by atoms with van der Waals surface area (Å²) in [7, 11) is 0. The Labute approximate surface area is 119 Å². The minimum atomic E-state index is 0.103. The predicted molar refractivity (Wildman–Crippen MR) is 79.7 cm³/mol. The number of carbonyl (C=O) groups is 1. The van der Waals surface area contributed by atoms with Crippen LogP contribution in [-0.4, -0.2) is 21.3 Å². The van der Waals surface area contributed by atoms with Crippen molar-refractivity contribution in [3.63, 3.8) is 0 Å². The number of allylic oxidation sites excluding steroid dienone is 1. The fourth-order valence-corrected chi connectivity index (χ4v) is 2.08. The Hall–Kier alpha value is -2.23. The molecule has 104 valence electrons. The van der Waals surface area contributed by atoms with E-state index in [2.05, 4.69) is 49.8 Å². The van der Waals surface area contributed by atoms with E-state index in [9.17, 15) is 4.79 Å². The van der Waals surface area contributed by atoms with Gasteiger partial charge in [-0.15, -0.1) is 11.7 Å². The van der Waals surface area contributed by atoms with Gasteiger partial charge < -0.3 is 0 Å². The Balaban J connectivity index is 2.48. The monoisotopic (exact) mass is 269 g/mol. The van der Waals surface area contributed by atoms with Gasteiger partial charge >= 0.3 is 0 Å². The van der Waals surface area contributed by atoms with E-state index >= 15 is 0 Å². The van der Waals surface area contributed by atoms with Crippen molar-refractivity contribution in [1.29, 1.82) is 0 Å². The minimum absolute atomic E-state index is 0.103. The van der Waals surface area contributed by atoms with Gasteiger partial charge in [-0.3, -0.25) is 4.79 Å². The molecule has 0 saturated heterocycles. The van der Waals surface area contributed by atoms with Crippen LogP contribution in [0.15, 0.2) is 36.9 Å². The minimum Gasteiger partial charge on any atom is -0.296 e. The molecule has 0 bridgehead atoms. The van der Waals surface area contributed by atoms with E-state index in [4.69, 9.17) is 0 Å². The number of hydrogen-bond donors (Lipinski definition) is 0. The Bertz CT molecular complexity index is 618. The molecule has 0 N–H and O–H groups in total. The van der Waals surface area contributed by atoms with E-state index in [1.165, 1.54) is 5.56 Å². The third-order valence-electron chi connectivity index (χ3n) is 3.20. The topological polar surface area (TPSA) is 47.8 Å². The van der Waals surface area contributed by atoms with E-state index in [0.29, 0.717) is 12.2 Å². The molecule has 0 aliphatic heterocycles.